The summed E-state index contributed by atoms with van der Waals surface area (Å²) in [6, 6.07) is 0. The highest BCUT2D eigenvalue weighted by atomic mass is 31.2. The summed E-state index contributed by atoms with van der Waals surface area (Å²) in [6.45, 7) is -1.03. The van der Waals surface area contributed by atoms with E-state index in [2.05, 4.69) is 15.0 Å². The first kappa shape index (κ1) is 23.3. The van der Waals surface area contributed by atoms with Gasteiger partial charge in [0.05, 0.1) is 19.5 Å². The summed E-state index contributed by atoms with van der Waals surface area (Å²) in [7, 11) is -5.05. The summed E-state index contributed by atoms with van der Waals surface area (Å²) < 4.78 is 33.8. The fourth-order valence-corrected chi connectivity index (χ4v) is 4.20. The molecule has 0 bridgehead atoms. The second kappa shape index (κ2) is 8.85. The number of aliphatic hydroxyl groups excluding tert-OH is 4. The first-order valence-electron chi connectivity index (χ1n) is 9.35. The maximum Gasteiger partial charge on any atom is 0.470 e. The topological polar surface area (TPSA) is 245 Å². The number of fused-ring (bicyclic) bond motifs is 1. The molecule has 8 N–H and O–H groups in total. The molecule has 1 unspecified atom stereocenters. The van der Waals surface area contributed by atoms with Crippen LogP contribution in [0.15, 0.2) is 12.7 Å². The van der Waals surface area contributed by atoms with Crippen LogP contribution in [0.3, 0.4) is 0 Å². The Kier molecular flexibility index (Phi) is 6.45. The minimum absolute atomic E-state index is 0.0773. The van der Waals surface area contributed by atoms with Crippen LogP contribution in [0.5, 0.6) is 0 Å². The van der Waals surface area contributed by atoms with Crippen LogP contribution in [0.25, 0.3) is 11.2 Å². The van der Waals surface area contributed by atoms with Crippen LogP contribution in [-0.4, -0.2) is 106 Å². The number of phosphoric ester groups is 1. The Hall–Kier alpha value is -1.82. The van der Waals surface area contributed by atoms with Gasteiger partial charge in [0, 0.05) is 0 Å². The smallest absolute Gasteiger partial charge is 0.394 e. The van der Waals surface area contributed by atoms with Gasteiger partial charge in [-0.15, -0.1) is 0 Å². The lowest BCUT2D eigenvalue weighted by Crippen LogP contribution is -2.39. The largest absolute Gasteiger partial charge is 0.470 e. The number of ether oxygens (including phenoxy) is 3. The molecule has 0 amide bonds. The number of aliphatic hydroxyl groups is 4. The molecule has 0 radical (unpaired) electrons. The van der Waals surface area contributed by atoms with Gasteiger partial charge >= 0.3 is 7.82 Å². The highest BCUT2D eigenvalue weighted by Gasteiger charge is 2.50. The zero-order valence-electron chi connectivity index (χ0n) is 16.2. The number of nitrogens with two attached hydrogens (primary N) is 1. The van der Waals surface area contributed by atoms with E-state index in [0.717, 1.165) is 0 Å². The number of hydrogen-bond donors (Lipinski definition) is 7. The van der Waals surface area contributed by atoms with Crippen LogP contribution >= 0.6 is 7.82 Å². The molecule has 4 heterocycles. The number of imidazole rings is 1. The average Bonchev–Trinajstić information content (AvgIpc) is 3.37. The molecule has 2 fully saturated rings. The zero-order valence-corrected chi connectivity index (χ0v) is 17.1. The van der Waals surface area contributed by atoms with Gasteiger partial charge in [0.15, 0.2) is 24.0 Å². The molecule has 4 rings (SSSR count). The summed E-state index contributed by atoms with van der Waals surface area (Å²) >= 11 is 0. The van der Waals surface area contributed by atoms with Crippen LogP contribution < -0.4 is 5.73 Å². The van der Waals surface area contributed by atoms with Gasteiger partial charge in [-0.05, 0) is 0 Å². The fraction of sp³-hybridized carbons (Fsp3) is 0.667. The highest BCUT2D eigenvalue weighted by Crippen LogP contribution is 2.44. The number of nitrogen functional groups attached to an aromatic ring is 1. The summed E-state index contributed by atoms with van der Waals surface area (Å²) in [5.74, 6) is 0.0773. The summed E-state index contributed by atoms with van der Waals surface area (Å²) in [6.07, 6.45) is -8.57. The van der Waals surface area contributed by atoms with Crippen molar-refractivity contribution in [3.8, 4) is 0 Å². The van der Waals surface area contributed by atoms with Gasteiger partial charge in [-0.2, -0.15) is 0 Å². The number of phosphoric acid groups is 1. The van der Waals surface area contributed by atoms with E-state index < -0.39 is 70.2 Å². The molecule has 17 heteroatoms. The molecule has 2 aromatic rings. The van der Waals surface area contributed by atoms with E-state index in [1.807, 2.05) is 0 Å². The number of nitrogens with zero attached hydrogens (tertiary/aromatic N) is 4. The van der Waals surface area contributed by atoms with Crippen molar-refractivity contribution < 1.29 is 53.5 Å². The normalized spacial score (nSPS) is 35.7. The van der Waals surface area contributed by atoms with E-state index in [4.69, 9.17) is 29.6 Å². The summed E-state index contributed by atoms with van der Waals surface area (Å²) in [5, 5.41) is 39.7. The first-order chi connectivity index (χ1) is 15.1. The molecule has 178 valence electrons. The molecule has 2 saturated heterocycles. The predicted octanol–water partition coefficient (Wildman–Crippen LogP) is -3.40. The molecule has 2 aliphatic heterocycles. The molecule has 0 spiro atoms. The molecule has 0 aromatic carbocycles. The Balaban J connectivity index is 1.55. The van der Waals surface area contributed by atoms with Crippen molar-refractivity contribution in [2.75, 3.05) is 18.9 Å². The molecule has 8 atom stereocenters. The van der Waals surface area contributed by atoms with Gasteiger partial charge < -0.3 is 50.2 Å². The van der Waals surface area contributed by atoms with Gasteiger partial charge in [0.25, 0.3) is 0 Å². The van der Waals surface area contributed by atoms with E-state index in [9.17, 15) is 29.7 Å². The van der Waals surface area contributed by atoms with E-state index in [1.165, 1.54) is 17.2 Å². The number of aromatic nitrogens is 4. The molecule has 16 nitrogen and oxygen atoms in total. The Bertz CT molecular complexity index is 1000. The second-order valence-corrected chi connectivity index (χ2v) is 8.43. The molecule has 2 aromatic heterocycles. The van der Waals surface area contributed by atoms with Crippen LogP contribution in [0.4, 0.5) is 5.82 Å². The maximum atomic E-state index is 11.4. The summed E-state index contributed by atoms with van der Waals surface area (Å²) in [5.41, 5.74) is 6.17. The van der Waals surface area contributed by atoms with E-state index in [1.54, 1.807) is 0 Å². The molecule has 0 aliphatic carbocycles. The number of anilines is 1. The van der Waals surface area contributed by atoms with Crippen molar-refractivity contribution in [3.05, 3.63) is 12.7 Å². The van der Waals surface area contributed by atoms with Gasteiger partial charge in [0.1, 0.15) is 48.5 Å². The average molecular weight is 479 g/mol. The van der Waals surface area contributed by atoms with Crippen molar-refractivity contribution in [2.24, 2.45) is 0 Å². The van der Waals surface area contributed by atoms with Crippen molar-refractivity contribution in [1.82, 2.24) is 19.5 Å². The SMILES string of the molecule is Nc1ncnc2c1ncn2[C@@H]1O[C@H](COC2O[C@H](CO)[C@@H](O)[C@@H]2O)[C@@H](OP(=O)(O)O)[C@H]1O. The van der Waals surface area contributed by atoms with E-state index >= 15 is 0 Å². The van der Waals surface area contributed by atoms with Crippen molar-refractivity contribution in [3.63, 3.8) is 0 Å². The Labute approximate surface area is 179 Å². The highest BCUT2D eigenvalue weighted by molar-refractivity contribution is 7.46. The van der Waals surface area contributed by atoms with Gasteiger partial charge in [-0.25, -0.2) is 19.5 Å². The minimum Gasteiger partial charge on any atom is -0.394 e. The lowest BCUT2D eigenvalue weighted by molar-refractivity contribution is -0.190. The van der Waals surface area contributed by atoms with Crippen molar-refractivity contribution in [2.45, 2.75) is 49.1 Å². The molecular weight excluding hydrogens is 457 g/mol. The zero-order chi connectivity index (χ0) is 23.2. The Morgan fingerprint density at radius 1 is 1.09 bits per heavy atom. The lowest BCUT2D eigenvalue weighted by Gasteiger charge is -2.23. The fourth-order valence-electron chi connectivity index (χ4n) is 3.62. The van der Waals surface area contributed by atoms with Crippen molar-refractivity contribution >= 4 is 24.8 Å². The lowest BCUT2D eigenvalue weighted by atomic mass is 10.1. The van der Waals surface area contributed by atoms with Crippen molar-refractivity contribution in [1.29, 1.82) is 0 Å². The monoisotopic (exact) mass is 479 g/mol. The predicted molar refractivity (Wildman–Crippen MR) is 100 cm³/mol. The minimum atomic E-state index is -5.05. The van der Waals surface area contributed by atoms with Gasteiger partial charge in [-0.1, -0.05) is 0 Å². The molecular formula is C15H22N5O11P. The van der Waals surface area contributed by atoms with E-state index in [-0.39, 0.29) is 17.0 Å². The number of hydrogen-bond acceptors (Lipinski definition) is 13. The van der Waals surface area contributed by atoms with E-state index in [0.29, 0.717) is 0 Å². The molecule has 32 heavy (non-hydrogen) atoms. The van der Waals surface area contributed by atoms with Crippen LogP contribution in [0.2, 0.25) is 0 Å². The first-order valence-corrected chi connectivity index (χ1v) is 10.9. The van der Waals surface area contributed by atoms with Crippen LogP contribution in [-0.2, 0) is 23.3 Å². The summed E-state index contributed by atoms with van der Waals surface area (Å²) in [4.78, 5) is 30.4. The van der Waals surface area contributed by atoms with Crippen LogP contribution in [0.1, 0.15) is 6.23 Å². The third-order valence-corrected chi connectivity index (χ3v) is 5.67. The quantitative estimate of drug-likeness (QED) is 0.191. The number of rotatable bonds is 7. The standard InChI is InChI=1S/C15H22N5O11P/c16-12-7-13(18-3-17-12)20(4-19-7)14-10(24)11(31-32(25,26)27)6(29-14)2-28-15-9(23)8(22)5(1-21)30-15/h3-6,8-11,14-15,21-24H,1-2H2,(H2,16,17,18)(H2,25,26,27)/t5-,6-,8-,9+,10-,11-,14-,15?/m1/s1. The second-order valence-electron chi connectivity index (χ2n) is 7.24. The Morgan fingerprint density at radius 3 is 2.50 bits per heavy atom. The van der Waals surface area contributed by atoms with Gasteiger partial charge in [-0.3, -0.25) is 9.09 Å². The van der Waals surface area contributed by atoms with Crippen LogP contribution in [0, 0.1) is 0 Å². The third-order valence-electron chi connectivity index (χ3n) is 5.15. The maximum absolute atomic E-state index is 11.4. The van der Waals surface area contributed by atoms with Gasteiger partial charge in [0.2, 0.25) is 0 Å². The molecule has 2 aliphatic rings. The molecule has 0 saturated carbocycles. The Morgan fingerprint density at radius 2 is 1.84 bits per heavy atom. The third kappa shape index (κ3) is 4.35.